The molecule has 1 aromatic heterocycles. The van der Waals surface area contributed by atoms with Gasteiger partial charge in [0, 0.05) is 17.4 Å². The van der Waals surface area contributed by atoms with Gasteiger partial charge in [-0.3, -0.25) is 4.79 Å². The van der Waals surface area contributed by atoms with Crippen molar-refractivity contribution in [2.45, 2.75) is 22.5 Å². The van der Waals surface area contributed by atoms with Gasteiger partial charge in [0.05, 0.1) is 10.8 Å². The number of thiophene rings is 1. The number of Topliss-reactive ketones (excluding diaryl/α,β-unsaturated/α-hetero) is 1. The maximum atomic E-state index is 14.7. The predicted octanol–water partition coefficient (Wildman–Crippen LogP) is 4.91. The lowest BCUT2D eigenvalue weighted by molar-refractivity contribution is -0.133. The molecule has 0 radical (unpaired) electrons. The Bertz CT molecular complexity index is 1130. The first-order chi connectivity index (χ1) is 13.8. The molecule has 0 aliphatic heterocycles. The highest BCUT2D eigenvalue weighted by Gasteiger charge is 2.53. The molecule has 3 rings (SSSR count). The molecular weight excluding hydrogens is 414 g/mol. The van der Waals surface area contributed by atoms with E-state index < -0.39 is 38.1 Å². The van der Waals surface area contributed by atoms with Gasteiger partial charge in [-0.1, -0.05) is 60.4 Å². The van der Waals surface area contributed by atoms with Gasteiger partial charge >= 0.3 is 5.25 Å². The summed E-state index contributed by atoms with van der Waals surface area (Å²) >= 11 is 1.44. The summed E-state index contributed by atoms with van der Waals surface area (Å²) in [6.45, 7) is 0. The molecule has 0 saturated carbocycles. The van der Waals surface area contributed by atoms with E-state index in [1.165, 1.54) is 29.5 Å². The summed E-state index contributed by atoms with van der Waals surface area (Å²) in [6, 6.07) is 16.5. The average molecular weight is 430 g/mol. The first kappa shape index (κ1) is 20.9. The van der Waals surface area contributed by atoms with Crippen LogP contribution >= 0.6 is 11.3 Å². The third-order valence-electron chi connectivity index (χ3n) is 4.22. The van der Waals surface area contributed by atoms with Gasteiger partial charge in [0.1, 0.15) is 0 Å². The highest BCUT2D eigenvalue weighted by atomic mass is 32.2. The van der Waals surface area contributed by atoms with Gasteiger partial charge in [-0.05, 0) is 29.1 Å². The lowest BCUT2D eigenvalue weighted by Crippen LogP contribution is -2.38. The monoisotopic (exact) mass is 430 g/mol. The molecule has 0 aliphatic carbocycles. The number of halogens is 2. The molecule has 0 fully saturated rings. The van der Waals surface area contributed by atoms with Crippen LogP contribution in [0, 0.1) is 11.8 Å². The van der Waals surface area contributed by atoms with Crippen LogP contribution in [0.25, 0.3) is 0 Å². The minimum atomic E-state index is -5.15. The van der Waals surface area contributed by atoms with Crippen molar-refractivity contribution >= 4 is 27.0 Å². The fraction of sp³-hybridized carbons (Fsp3) is 0.136. The van der Waals surface area contributed by atoms with Crippen molar-refractivity contribution in [2.75, 3.05) is 0 Å². The van der Waals surface area contributed by atoms with Crippen LogP contribution in [0.3, 0.4) is 0 Å². The van der Waals surface area contributed by atoms with Crippen LogP contribution in [0.2, 0.25) is 0 Å². The van der Waals surface area contributed by atoms with Gasteiger partial charge in [-0.25, -0.2) is 8.42 Å². The maximum absolute atomic E-state index is 14.7. The molecule has 1 heterocycles. The van der Waals surface area contributed by atoms with Crippen molar-refractivity contribution in [3.8, 4) is 11.8 Å². The Balaban J connectivity index is 1.91. The van der Waals surface area contributed by atoms with Gasteiger partial charge in [0.25, 0.3) is 9.84 Å². The van der Waals surface area contributed by atoms with Gasteiger partial charge in [0.2, 0.25) is 5.78 Å². The van der Waals surface area contributed by atoms with E-state index in [1.807, 2.05) is 5.38 Å². The summed E-state index contributed by atoms with van der Waals surface area (Å²) in [5, 5.41) is -0.927. The molecule has 0 amide bonds. The number of hydrogen-bond donors (Lipinski definition) is 0. The third-order valence-corrected chi connectivity index (χ3v) is 6.70. The molecule has 29 heavy (non-hydrogen) atoms. The number of ketones is 1. The van der Waals surface area contributed by atoms with Crippen LogP contribution in [-0.4, -0.2) is 19.5 Å². The van der Waals surface area contributed by atoms with Crippen molar-refractivity contribution in [3.05, 3.63) is 88.6 Å². The molecule has 3 nitrogen and oxygen atoms in total. The number of benzene rings is 2. The summed E-state index contributed by atoms with van der Waals surface area (Å²) in [4.78, 5) is 11.8. The van der Waals surface area contributed by atoms with Crippen LogP contribution in [0.4, 0.5) is 8.78 Å². The molecule has 148 valence electrons. The lowest BCUT2D eigenvalue weighted by atomic mass is 9.94. The number of carbonyl (C=O) groups excluding carboxylic acids is 1. The second-order valence-electron chi connectivity index (χ2n) is 6.21. The molecule has 0 aliphatic rings. The normalized spacial score (nSPS) is 12.6. The summed E-state index contributed by atoms with van der Waals surface area (Å²) in [7, 11) is -5.15. The van der Waals surface area contributed by atoms with E-state index in [-0.39, 0.29) is 0 Å². The second-order valence-corrected chi connectivity index (χ2v) is 8.98. The SMILES string of the molecule is O=C(C[C@@H](C#Cc1ccsc1)c1ccccc1)C(F)(F)S(=O)(=O)c1ccccc1. The Morgan fingerprint density at radius 1 is 1.00 bits per heavy atom. The van der Waals surface area contributed by atoms with Gasteiger partial charge in [-0.2, -0.15) is 20.1 Å². The fourth-order valence-corrected chi connectivity index (χ4v) is 4.43. The van der Waals surface area contributed by atoms with Crippen LogP contribution in [0.15, 0.2) is 82.4 Å². The number of carbonyl (C=O) groups is 1. The first-order valence-electron chi connectivity index (χ1n) is 8.62. The Kier molecular flexibility index (Phi) is 6.26. The minimum absolute atomic E-state index is 0.566. The van der Waals surface area contributed by atoms with E-state index in [0.717, 1.165) is 12.1 Å². The second kappa shape index (κ2) is 8.68. The standard InChI is InChI=1S/C22H16F2O3S2/c23-22(24,29(26,27)20-9-5-2-6-10-20)21(25)15-19(18-7-3-1-4-8-18)12-11-17-13-14-28-16-17/h1-10,13-14,16,19H,15H2/t19-/m1/s1. The third kappa shape index (κ3) is 4.61. The predicted molar refractivity (Wildman–Crippen MR) is 109 cm³/mol. The van der Waals surface area contributed by atoms with E-state index >= 15 is 0 Å². The zero-order chi connectivity index (χ0) is 20.9. The maximum Gasteiger partial charge on any atom is 0.406 e. The quantitative estimate of drug-likeness (QED) is 0.522. The van der Waals surface area contributed by atoms with E-state index in [1.54, 1.807) is 41.8 Å². The van der Waals surface area contributed by atoms with Gasteiger partial charge in [-0.15, -0.1) is 0 Å². The van der Waals surface area contributed by atoms with Crippen molar-refractivity contribution < 1.29 is 22.0 Å². The summed E-state index contributed by atoms with van der Waals surface area (Å²) in [6.07, 6.45) is -0.722. The Labute approximate surface area is 171 Å². The van der Waals surface area contributed by atoms with E-state index in [4.69, 9.17) is 0 Å². The molecule has 2 aromatic carbocycles. The van der Waals surface area contributed by atoms with E-state index in [2.05, 4.69) is 11.8 Å². The fourth-order valence-electron chi connectivity index (χ4n) is 2.65. The van der Waals surface area contributed by atoms with Crippen molar-refractivity contribution in [2.24, 2.45) is 0 Å². The summed E-state index contributed by atoms with van der Waals surface area (Å²) < 4.78 is 54.1. The zero-order valence-electron chi connectivity index (χ0n) is 15.1. The van der Waals surface area contributed by atoms with E-state index in [9.17, 15) is 22.0 Å². The molecule has 7 heteroatoms. The minimum Gasteiger partial charge on any atom is -0.292 e. The van der Waals surface area contributed by atoms with Crippen molar-refractivity contribution in [3.63, 3.8) is 0 Å². The molecule has 0 bridgehead atoms. The van der Waals surface area contributed by atoms with E-state index in [0.29, 0.717) is 11.1 Å². The lowest BCUT2D eigenvalue weighted by Gasteiger charge is -2.18. The highest BCUT2D eigenvalue weighted by molar-refractivity contribution is 7.93. The van der Waals surface area contributed by atoms with Crippen LogP contribution in [0.1, 0.15) is 23.5 Å². The van der Waals surface area contributed by atoms with Crippen LogP contribution < -0.4 is 0 Å². The van der Waals surface area contributed by atoms with Crippen LogP contribution in [-0.2, 0) is 14.6 Å². The zero-order valence-corrected chi connectivity index (χ0v) is 16.7. The number of rotatable bonds is 6. The molecule has 0 N–H and O–H groups in total. The molecule has 0 saturated heterocycles. The Hall–Kier alpha value is -2.82. The average Bonchev–Trinajstić information content (AvgIpc) is 3.25. The molecular formula is C22H16F2O3S2. The largest absolute Gasteiger partial charge is 0.406 e. The molecule has 0 unspecified atom stereocenters. The highest BCUT2D eigenvalue weighted by Crippen LogP contribution is 2.33. The summed E-state index contributed by atoms with van der Waals surface area (Å²) in [5.74, 6) is 3.16. The molecule has 1 atom stereocenters. The van der Waals surface area contributed by atoms with Crippen molar-refractivity contribution in [1.29, 1.82) is 0 Å². The Morgan fingerprint density at radius 2 is 1.62 bits per heavy atom. The van der Waals surface area contributed by atoms with Gasteiger partial charge in [0.15, 0.2) is 0 Å². The number of sulfone groups is 1. The smallest absolute Gasteiger partial charge is 0.292 e. The number of hydrogen-bond acceptors (Lipinski definition) is 4. The van der Waals surface area contributed by atoms with Crippen LogP contribution in [0.5, 0.6) is 0 Å². The molecule has 0 spiro atoms. The molecule has 3 aromatic rings. The topological polar surface area (TPSA) is 51.2 Å². The number of alkyl halides is 2. The first-order valence-corrected chi connectivity index (χ1v) is 11.0. The van der Waals surface area contributed by atoms with Gasteiger partial charge < -0.3 is 0 Å². The van der Waals surface area contributed by atoms with Crippen molar-refractivity contribution in [1.82, 2.24) is 0 Å². The Morgan fingerprint density at radius 3 is 2.21 bits per heavy atom. The summed E-state index contributed by atoms with van der Waals surface area (Å²) in [5.41, 5.74) is 1.27.